The molecular formula is C17H21BrCl2N2S. The third-order valence-electron chi connectivity index (χ3n) is 4.58. The Morgan fingerprint density at radius 3 is 2.48 bits per heavy atom. The summed E-state index contributed by atoms with van der Waals surface area (Å²) in [5, 5.41) is 3.54. The van der Waals surface area contributed by atoms with Crippen molar-refractivity contribution in [2.24, 2.45) is 4.99 Å². The second kappa shape index (κ2) is 7.73. The summed E-state index contributed by atoms with van der Waals surface area (Å²) in [7, 11) is 0. The first-order chi connectivity index (χ1) is 10.6. The molecule has 0 unspecified atom stereocenters. The molecule has 0 aliphatic heterocycles. The lowest BCUT2D eigenvalue weighted by Gasteiger charge is -2.43. The fourth-order valence-corrected chi connectivity index (χ4v) is 4.72. The standard InChI is InChI=1S/C17H20Cl2N2S.BrH/c1-3-20-16-21(4-2)15(11-22-16)17(8-5-9-17)12-6-7-13(18)14(19)10-12;/h6-7,10-11H,3-5,8-9H2,1-2H3;1H. The van der Waals surface area contributed by atoms with E-state index < -0.39 is 0 Å². The number of nitrogens with zero attached hydrogens (tertiary/aromatic N) is 2. The van der Waals surface area contributed by atoms with Crippen molar-refractivity contribution in [2.75, 3.05) is 6.54 Å². The summed E-state index contributed by atoms with van der Waals surface area (Å²) in [4.78, 5) is 5.75. The highest BCUT2D eigenvalue weighted by atomic mass is 79.9. The lowest BCUT2D eigenvalue weighted by atomic mass is 9.62. The normalized spacial score (nSPS) is 16.8. The Kier molecular flexibility index (Phi) is 6.40. The summed E-state index contributed by atoms with van der Waals surface area (Å²) < 4.78 is 2.36. The van der Waals surface area contributed by atoms with E-state index in [4.69, 9.17) is 23.2 Å². The summed E-state index contributed by atoms with van der Waals surface area (Å²) in [5.74, 6) is 0. The molecule has 1 aromatic heterocycles. The van der Waals surface area contributed by atoms with Gasteiger partial charge in [-0.1, -0.05) is 35.7 Å². The van der Waals surface area contributed by atoms with Crippen LogP contribution < -0.4 is 4.80 Å². The van der Waals surface area contributed by atoms with Gasteiger partial charge in [0.25, 0.3) is 0 Å². The number of hydrogen-bond acceptors (Lipinski definition) is 2. The maximum Gasteiger partial charge on any atom is 0.184 e. The monoisotopic (exact) mass is 434 g/mol. The second-order valence-electron chi connectivity index (χ2n) is 5.69. The van der Waals surface area contributed by atoms with E-state index in [2.05, 4.69) is 34.9 Å². The number of hydrogen-bond donors (Lipinski definition) is 0. The zero-order valence-electron chi connectivity index (χ0n) is 13.3. The average molecular weight is 436 g/mol. The van der Waals surface area contributed by atoms with E-state index in [0.29, 0.717) is 10.0 Å². The van der Waals surface area contributed by atoms with E-state index >= 15 is 0 Å². The van der Waals surface area contributed by atoms with Crippen molar-refractivity contribution in [3.05, 3.63) is 49.7 Å². The molecular weight excluding hydrogens is 415 g/mol. The molecule has 1 fully saturated rings. The van der Waals surface area contributed by atoms with E-state index in [-0.39, 0.29) is 22.4 Å². The molecule has 1 aromatic carbocycles. The van der Waals surface area contributed by atoms with E-state index in [1.165, 1.54) is 17.7 Å². The molecule has 1 heterocycles. The van der Waals surface area contributed by atoms with E-state index in [1.807, 2.05) is 12.1 Å². The zero-order valence-corrected chi connectivity index (χ0v) is 17.4. The maximum absolute atomic E-state index is 6.26. The quantitative estimate of drug-likeness (QED) is 0.573. The van der Waals surface area contributed by atoms with Gasteiger partial charge in [0.1, 0.15) is 0 Å². The lowest BCUT2D eigenvalue weighted by molar-refractivity contribution is 0.283. The van der Waals surface area contributed by atoms with Crippen LogP contribution >= 0.6 is 51.5 Å². The first-order valence-electron chi connectivity index (χ1n) is 7.77. The van der Waals surface area contributed by atoms with Gasteiger partial charge < -0.3 is 4.57 Å². The Morgan fingerprint density at radius 2 is 1.96 bits per heavy atom. The van der Waals surface area contributed by atoms with Crippen LogP contribution in [0.15, 0.2) is 28.6 Å². The highest BCUT2D eigenvalue weighted by Gasteiger charge is 2.42. The van der Waals surface area contributed by atoms with Crippen LogP contribution in [0.1, 0.15) is 44.4 Å². The van der Waals surface area contributed by atoms with Gasteiger partial charge in [-0.25, -0.2) is 0 Å². The number of aromatic nitrogens is 1. The predicted molar refractivity (Wildman–Crippen MR) is 106 cm³/mol. The minimum Gasteiger partial charge on any atom is -0.320 e. The SMILES string of the molecule is Br.CCN=c1scc(C2(c3ccc(Cl)c(Cl)c3)CCC2)n1CC. The molecule has 0 radical (unpaired) electrons. The van der Waals surface area contributed by atoms with Crippen LogP contribution in [0.2, 0.25) is 10.0 Å². The minimum atomic E-state index is 0. The van der Waals surface area contributed by atoms with Crippen LogP contribution in [0, 0.1) is 0 Å². The van der Waals surface area contributed by atoms with Crippen molar-refractivity contribution in [3.63, 3.8) is 0 Å². The summed E-state index contributed by atoms with van der Waals surface area (Å²) in [5.41, 5.74) is 2.72. The molecule has 0 atom stereocenters. The number of halogens is 3. The highest BCUT2D eigenvalue weighted by Crippen LogP contribution is 2.49. The molecule has 1 saturated carbocycles. The Bertz CT molecular complexity index is 747. The van der Waals surface area contributed by atoms with Crippen molar-refractivity contribution in [1.82, 2.24) is 4.57 Å². The Labute approximate surface area is 161 Å². The van der Waals surface area contributed by atoms with Crippen molar-refractivity contribution in [1.29, 1.82) is 0 Å². The van der Waals surface area contributed by atoms with Gasteiger partial charge in [-0.3, -0.25) is 4.99 Å². The van der Waals surface area contributed by atoms with Crippen LogP contribution in [0.25, 0.3) is 0 Å². The molecule has 0 spiro atoms. The lowest BCUT2D eigenvalue weighted by Crippen LogP contribution is -2.39. The van der Waals surface area contributed by atoms with Gasteiger partial charge in [-0.2, -0.15) is 0 Å². The van der Waals surface area contributed by atoms with Crippen molar-refractivity contribution >= 4 is 51.5 Å². The van der Waals surface area contributed by atoms with E-state index in [1.54, 1.807) is 11.3 Å². The Balaban J connectivity index is 0.00000192. The fraction of sp³-hybridized carbons (Fsp3) is 0.471. The van der Waals surface area contributed by atoms with Gasteiger partial charge >= 0.3 is 0 Å². The summed E-state index contributed by atoms with van der Waals surface area (Å²) >= 11 is 14.1. The van der Waals surface area contributed by atoms with Crippen molar-refractivity contribution < 1.29 is 0 Å². The number of benzene rings is 1. The van der Waals surface area contributed by atoms with Gasteiger partial charge in [0.15, 0.2) is 4.80 Å². The molecule has 1 aliphatic carbocycles. The van der Waals surface area contributed by atoms with Crippen molar-refractivity contribution in [3.8, 4) is 0 Å². The number of rotatable bonds is 4. The van der Waals surface area contributed by atoms with Crippen LogP contribution in [-0.2, 0) is 12.0 Å². The van der Waals surface area contributed by atoms with Gasteiger partial charge in [0.05, 0.1) is 10.0 Å². The highest BCUT2D eigenvalue weighted by molar-refractivity contribution is 8.93. The third-order valence-corrected chi connectivity index (χ3v) is 6.22. The van der Waals surface area contributed by atoms with E-state index in [9.17, 15) is 0 Å². The largest absolute Gasteiger partial charge is 0.320 e. The molecule has 0 saturated heterocycles. The van der Waals surface area contributed by atoms with Crippen molar-refractivity contribution in [2.45, 2.75) is 45.1 Å². The van der Waals surface area contributed by atoms with E-state index in [0.717, 1.165) is 30.7 Å². The van der Waals surface area contributed by atoms with Gasteiger partial charge in [0, 0.05) is 29.6 Å². The molecule has 2 aromatic rings. The summed E-state index contributed by atoms with van der Waals surface area (Å²) in [6.45, 7) is 6.03. The average Bonchev–Trinajstić information content (AvgIpc) is 2.85. The molecule has 0 N–H and O–H groups in total. The Morgan fingerprint density at radius 1 is 1.22 bits per heavy atom. The van der Waals surface area contributed by atoms with Crippen LogP contribution in [-0.4, -0.2) is 11.1 Å². The van der Waals surface area contributed by atoms with Gasteiger partial charge in [-0.05, 0) is 44.4 Å². The minimum absolute atomic E-state index is 0. The molecule has 2 nitrogen and oxygen atoms in total. The topological polar surface area (TPSA) is 17.3 Å². The zero-order chi connectivity index (χ0) is 15.7. The molecule has 23 heavy (non-hydrogen) atoms. The molecule has 0 amide bonds. The molecule has 6 heteroatoms. The first kappa shape index (κ1) is 19.0. The summed E-state index contributed by atoms with van der Waals surface area (Å²) in [6, 6.07) is 6.08. The van der Waals surface area contributed by atoms with Crippen LogP contribution in [0.5, 0.6) is 0 Å². The molecule has 1 aliphatic rings. The van der Waals surface area contributed by atoms with Crippen LogP contribution in [0.3, 0.4) is 0 Å². The predicted octanol–water partition coefficient (Wildman–Crippen LogP) is 5.84. The van der Waals surface area contributed by atoms with Gasteiger partial charge in [-0.15, -0.1) is 28.3 Å². The molecule has 3 rings (SSSR count). The molecule has 0 bridgehead atoms. The molecule has 126 valence electrons. The third kappa shape index (κ3) is 3.28. The first-order valence-corrected chi connectivity index (χ1v) is 9.40. The fourth-order valence-electron chi connectivity index (χ4n) is 3.29. The van der Waals surface area contributed by atoms with Gasteiger partial charge in [0.2, 0.25) is 0 Å². The smallest absolute Gasteiger partial charge is 0.184 e. The number of thiazole rings is 1. The second-order valence-corrected chi connectivity index (χ2v) is 7.34. The maximum atomic E-state index is 6.26. The van der Waals surface area contributed by atoms with Crippen LogP contribution in [0.4, 0.5) is 0 Å². The summed E-state index contributed by atoms with van der Waals surface area (Å²) in [6.07, 6.45) is 3.57. The Hall–Kier alpha value is -0.290.